The maximum Gasteiger partial charge on any atom is 0.178 e. The topological polar surface area (TPSA) is 44.9 Å². The molecule has 1 atom stereocenters. The van der Waals surface area contributed by atoms with Gasteiger partial charge in [0.1, 0.15) is 0 Å². The average molecular weight is 848 g/mol. The molecule has 4 heteroatoms. The fourth-order valence-corrected chi connectivity index (χ4v) is 11.1. The van der Waals surface area contributed by atoms with Crippen molar-refractivity contribution in [3.8, 4) is 56.4 Å². The normalized spacial score (nSPS) is 16.4. The van der Waals surface area contributed by atoms with E-state index < -0.39 is 11.6 Å². The summed E-state index contributed by atoms with van der Waals surface area (Å²) in [6, 6.07) is 75.5. The first kappa shape index (κ1) is 38.3. The largest absolute Gasteiger partial charge is 0.659 e. The van der Waals surface area contributed by atoms with Crippen molar-refractivity contribution in [1.82, 2.24) is 0 Å². The predicted octanol–water partition coefficient (Wildman–Crippen LogP) is 15.8. The summed E-state index contributed by atoms with van der Waals surface area (Å²) in [4.78, 5) is 5.25. The third-order valence-corrected chi connectivity index (χ3v) is 14.2. The number of aliphatic imine (C=N–C) groups is 1. The van der Waals surface area contributed by atoms with Crippen molar-refractivity contribution in [2.45, 2.75) is 30.8 Å². The highest BCUT2D eigenvalue weighted by Crippen LogP contribution is 2.63. The lowest BCUT2D eigenvalue weighted by Gasteiger charge is -2.38. The van der Waals surface area contributed by atoms with E-state index in [9.17, 15) is 0 Å². The van der Waals surface area contributed by atoms with Gasteiger partial charge in [-0.3, -0.25) is 4.99 Å². The van der Waals surface area contributed by atoms with E-state index in [1.807, 2.05) is 18.2 Å². The summed E-state index contributed by atoms with van der Waals surface area (Å²) >= 11 is 0. The molecule has 0 amide bonds. The number of hydrogen-bond acceptors (Lipinski definition) is 3. The number of ether oxygens (including phenoxy) is 2. The molecule has 0 fully saturated rings. The maximum atomic E-state index is 7.03. The van der Waals surface area contributed by atoms with Crippen LogP contribution in [0.15, 0.2) is 223 Å². The molecular formula is C62H43N2O2-. The van der Waals surface area contributed by atoms with Gasteiger partial charge in [-0.25, -0.2) is 0 Å². The van der Waals surface area contributed by atoms with Crippen LogP contribution in [0.25, 0.3) is 44.4 Å². The van der Waals surface area contributed by atoms with E-state index in [1.54, 1.807) is 0 Å². The Labute approximate surface area is 385 Å². The molecule has 0 aromatic heterocycles. The van der Waals surface area contributed by atoms with Crippen molar-refractivity contribution >= 4 is 11.4 Å². The summed E-state index contributed by atoms with van der Waals surface area (Å²) in [7, 11) is 0. The van der Waals surface area contributed by atoms with Gasteiger partial charge in [0.2, 0.25) is 0 Å². The second kappa shape index (κ2) is 14.7. The first-order valence-electron chi connectivity index (χ1n) is 22.7. The van der Waals surface area contributed by atoms with Crippen molar-refractivity contribution in [3.05, 3.63) is 274 Å². The van der Waals surface area contributed by atoms with Gasteiger partial charge in [0.05, 0.1) is 11.1 Å². The lowest BCUT2D eigenvalue weighted by Crippen LogP contribution is -2.28. The maximum absolute atomic E-state index is 7.03. The van der Waals surface area contributed by atoms with Crippen molar-refractivity contribution in [2.24, 2.45) is 4.99 Å². The third-order valence-electron chi connectivity index (χ3n) is 14.2. The van der Waals surface area contributed by atoms with Crippen LogP contribution in [0.2, 0.25) is 0 Å². The van der Waals surface area contributed by atoms with Gasteiger partial charge in [-0.15, -0.1) is 5.70 Å². The molecule has 66 heavy (non-hydrogen) atoms. The molecule has 0 spiro atoms. The zero-order valence-electron chi connectivity index (χ0n) is 36.6. The van der Waals surface area contributed by atoms with E-state index in [-0.39, 0.29) is 5.41 Å². The van der Waals surface area contributed by atoms with Crippen molar-refractivity contribution < 1.29 is 9.47 Å². The SMILES string of the molecule is CC1(C)c2ccccc2-c2ccc(C3=CC(c4ccccc4)=NC(c4ccc(-c5cccc6c5Oc5ccc7c(c5O6)-c5ccccc5C7(c5ccccc5)c5ccccc5)cc4)[N-]3)cc21. The Morgan fingerprint density at radius 1 is 0.439 bits per heavy atom. The van der Waals surface area contributed by atoms with Crippen LogP contribution in [0.5, 0.6) is 23.0 Å². The Morgan fingerprint density at radius 2 is 1.03 bits per heavy atom. The smallest absolute Gasteiger partial charge is 0.178 e. The van der Waals surface area contributed by atoms with Crippen LogP contribution in [0, 0.1) is 0 Å². The fraction of sp³-hybridized carbons (Fsp3) is 0.0806. The summed E-state index contributed by atoms with van der Waals surface area (Å²) in [5.74, 6) is 2.81. The van der Waals surface area contributed by atoms with Gasteiger partial charge in [0.25, 0.3) is 0 Å². The third kappa shape index (κ3) is 5.67. The standard InChI is InChI=1S/C62H43N2O2/c1-61(2)49-26-14-12-23-46(49)47-34-33-42(37-52(47)61)54-38-53(40-17-6-3-7-18-40)63-60(64-54)41-31-29-39(30-32-41)45-25-16-28-55-58(45)65-56-36-35-51-57(59(56)66-55)48-24-13-15-27-50(48)62(51,43-19-8-4-9-20-43)44-21-10-5-11-22-44/h3-38,60H,1-2H3/q-1. The number of fused-ring (bicyclic) bond motifs is 9. The number of allylic oxidation sites excluding steroid dienone is 1. The molecule has 0 bridgehead atoms. The molecule has 9 aromatic carbocycles. The molecule has 2 aliphatic heterocycles. The Bertz CT molecular complexity index is 3420. The van der Waals surface area contributed by atoms with Crippen LogP contribution in [0.4, 0.5) is 0 Å². The summed E-state index contributed by atoms with van der Waals surface area (Å²) in [6.07, 6.45) is 1.72. The van der Waals surface area contributed by atoms with Gasteiger partial charge in [0, 0.05) is 22.7 Å². The molecule has 2 heterocycles. The Kier molecular flexibility index (Phi) is 8.50. The lowest BCUT2D eigenvalue weighted by atomic mass is 9.68. The Morgan fingerprint density at radius 3 is 1.77 bits per heavy atom. The zero-order chi connectivity index (χ0) is 44.0. The van der Waals surface area contributed by atoms with Crippen LogP contribution in [0.3, 0.4) is 0 Å². The van der Waals surface area contributed by atoms with E-state index >= 15 is 0 Å². The van der Waals surface area contributed by atoms with Gasteiger partial charge < -0.3 is 14.8 Å². The molecule has 0 saturated heterocycles. The average Bonchev–Trinajstić information content (AvgIpc) is 3.82. The van der Waals surface area contributed by atoms with Gasteiger partial charge in [-0.05, 0) is 84.5 Å². The number of nitrogens with zero attached hydrogens (tertiary/aromatic N) is 2. The highest BCUT2D eigenvalue weighted by molar-refractivity contribution is 6.14. The summed E-state index contributed by atoms with van der Waals surface area (Å²) < 4.78 is 14.0. The molecule has 9 aromatic rings. The summed E-state index contributed by atoms with van der Waals surface area (Å²) in [6.45, 7) is 4.64. The second-order valence-electron chi connectivity index (χ2n) is 18.1. The minimum atomic E-state index is -0.533. The number of rotatable bonds is 6. The number of para-hydroxylation sites is 1. The Balaban J connectivity index is 0.849. The molecule has 13 rings (SSSR count). The van der Waals surface area contributed by atoms with Crippen LogP contribution in [0.1, 0.15) is 70.1 Å². The van der Waals surface area contributed by atoms with Gasteiger partial charge in [-0.2, -0.15) is 0 Å². The number of benzene rings is 9. The van der Waals surface area contributed by atoms with Gasteiger partial charge >= 0.3 is 0 Å². The van der Waals surface area contributed by atoms with Crippen molar-refractivity contribution in [3.63, 3.8) is 0 Å². The van der Waals surface area contributed by atoms with Gasteiger partial charge in [-0.1, -0.05) is 220 Å². The predicted molar refractivity (Wildman–Crippen MR) is 267 cm³/mol. The van der Waals surface area contributed by atoms with E-state index in [1.165, 1.54) is 44.5 Å². The first-order valence-corrected chi connectivity index (χ1v) is 22.7. The van der Waals surface area contributed by atoms with Crippen molar-refractivity contribution in [1.29, 1.82) is 0 Å². The fourth-order valence-electron chi connectivity index (χ4n) is 11.1. The lowest BCUT2D eigenvalue weighted by molar-refractivity contribution is 0.361. The molecular weight excluding hydrogens is 805 g/mol. The van der Waals surface area contributed by atoms with E-state index in [0.29, 0.717) is 17.2 Å². The number of hydrogen-bond donors (Lipinski definition) is 0. The minimum absolute atomic E-state index is 0.113. The van der Waals surface area contributed by atoms with Crippen molar-refractivity contribution in [2.75, 3.05) is 0 Å². The molecule has 1 unspecified atom stereocenters. The zero-order valence-corrected chi connectivity index (χ0v) is 36.6. The molecule has 2 aliphatic carbocycles. The van der Waals surface area contributed by atoms with E-state index in [0.717, 1.165) is 56.1 Å². The summed E-state index contributed by atoms with van der Waals surface area (Å²) in [5, 5.41) is 5.34. The molecule has 0 radical (unpaired) electrons. The minimum Gasteiger partial charge on any atom is -0.659 e. The molecule has 4 aliphatic rings. The highest BCUT2D eigenvalue weighted by Gasteiger charge is 2.48. The van der Waals surface area contributed by atoms with E-state index in [4.69, 9.17) is 19.8 Å². The monoisotopic (exact) mass is 847 g/mol. The molecule has 314 valence electrons. The van der Waals surface area contributed by atoms with Crippen LogP contribution in [-0.4, -0.2) is 5.71 Å². The summed E-state index contributed by atoms with van der Waals surface area (Å²) in [5.41, 5.74) is 18.6. The molecule has 0 N–H and O–H groups in total. The second-order valence-corrected chi connectivity index (χ2v) is 18.1. The van der Waals surface area contributed by atoms with Crippen LogP contribution in [-0.2, 0) is 10.8 Å². The van der Waals surface area contributed by atoms with Crippen LogP contribution < -0.4 is 9.47 Å². The quantitative estimate of drug-likeness (QED) is 0.167. The molecule has 0 saturated carbocycles. The van der Waals surface area contributed by atoms with Crippen LogP contribution >= 0.6 is 0 Å². The first-order chi connectivity index (χ1) is 32.5. The highest BCUT2D eigenvalue weighted by atomic mass is 16.6. The van der Waals surface area contributed by atoms with Gasteiger partial charge in [0.15, 0.2) is 23.0 Å². The molecule has 4 nitrogen and oxygen atoms in total. The Hall–Kier alpha value is -8.21. The van der Waals surface area contributed by atoms with E-state index in [2.05, 4.69) is 214 Å².